The highest BCUT2D eigenvalue weighted by atomic mass is 16.2. The molecule has 0 radical (unpaired) electrons. The van der Waals surface area contributed by atoms with Crippen molar-refractivity contribution in [1.82, 2.24) is 10.2 Å². The molecule has 0 atom stereocenters. The molecule has 118 valence electrons. The van der Waals surface area contributed by atoms with Crippen molar-refractivity contribution in [2.24, 2.45) is 0 Å². The monoisotopic (exact) mass is 300 g/mol. The van der Waals surface area contributed by atoms with Crippen molar-refractivity contribution >= 4 is 17.4 Å². The highest BCUT2D eigenvalue weighted by Crippen LogP contribution is 2.28. The first-order chi connectivity index (χ1) is 10.8. The number of urea groups is 1. The molecule has 1 aliphatic heterocycles. The van der Waals surface area contributed by atoms with Crippen LogP contribution in [0.1, 0.15) is 25.7 Å². The maximum absolute atomic E-state index is 11.7. The lowest BCUT2D eigenvalue weighted by Gasteiger charge is -2.36. The molecule has 3 fully saturated rings. The summed E-state index contributed by atoms with van der Waals surface area (Å²) in [7, 11) is 0. The Hall–Kier alpha value is -1.75. The zero-order valence-electron chi connectivity index (χ0n) is 12.9. The van der Waals surface area contributed by atoms with E-state index in [-0.39, 0.29) is 6.03 Å². The van der Waals surface area contributed by atoms with Crippen LogP contribution in [0.2, 0.25) is 0 Å². The van der Waals surface area contributed by atoms with E-state index in [1.165, 1.54) is 31.6 Å². The van der Waals surface area contributed by atoms with Gasteiger partial charge in [-0.15, -0.1) is 0 Å². The number of hydrogen-bond acceptors (Lipinski definition) is 3. The van der Waals surface area contributed by atoms with Gasteiger partial charge in [-0.25, -0.2) is 4.79 Å². The molecule has 2 amide bonds. The number of rotatable bonds is 4. The van der Waals surface area contributed by atoms with Crippen LogP contribution in [0.15, 0.2) is 24.3 Å². The molecule has 0 aromatic heterocycles. The zero-order chi connectivity index (χ0) is 14.9. The lowest BCUT2D eigenvalue weighted by atomic mass is 10.2. The molecule has 1 saturated heterocycles. The third-order valence-electron chi connectivity index (χ3n) is 4.78. The Labute approximate surface area is 131 Å². The number of hydrogen-bond donors (Lipinski definition) is 2. The number of anilines is 2. The second kappa shape index (κ2) is 5.80. The van der Waals surface area contributed by atoms with E-state index in [2.05, 4.69) is 32.6 Å². The molecule has 22 heavy (non-hydrogen) atoms. The third kappa shape index (κ3) is 3.35. The summed E-state index contributed by atoms with van der Waals surface area (Å²) in [6, 6.07) is 9.39. The van der Waals surface area contributed by atoms with Crippen molar-refractivity contribution in [2.45, 2.75) is 37.8 Å². The highest BCUT2D eigenvalue weighted by molar-refractivity contribution is 5.89. The maximum Gasteiger partial charge on any atom is 0.319 e. The Bertz CT molecular complexity index is 528. The van der Waals surface area contributed by atoms with Gasteiger partial charge in [0.1, 0.15) is 0 Å². The Morgan fingerprint density at radius 3 is 2.23 bits per heavy atom. The second-order valence-electron chi connectivity index (χ2n) is 6.67. The van der Waals surface area contributed by atoms with Gasteiger partial charge in [-0.1, -0.05) is 0 Å². The first kappa shape index (κ1) is 13.9. The molecule has 0 bridgehead atoms. The lowest BCUT2D eigenvalue weighted by Crippen LogP contribution is -2.47. The number of carbonyl (C=O) groups is 1. The van der Waals surface area contributed by atoms with Gasteiger partial charge in [0.25, 0.3) is 0 Å². The van der Waals surface area contributed by atoms with E-state index in [1.807, 2.05) is 12.1 Å². The summed E-state index contributed by atoms with van der Waals surface area (Å²) >= 11 is 0. The summed E-state index contributed by atoms with van der Waals surface area (Å²) in [5.41, 5.74) is 2.11. The van der Waals surface area contributed by atoms with Gasteiger partial charge < -0.3 is 15.5 Å². The van der Waals surface area contributed by atoms with Crippen molar-refractivity contribution in [3.05, 3.63) is 24.3 Å². The molecule has 5 nitrogen and oxygen atoms in total. The molecular formula is C17H24N4O. The number of nitrogens with one attached hydrogen (secondary N) is 2. The van der Waals surface area contributed by atoms with Crippen LogP contribution in [0.5, 0.6) is 0 Å². The predicted molar refractivity (Wildman–Crippen MR) is 88.4 cm³/mol. The third-order valence-corrected chi connectivity index (χ3v) is 4.78. The molecule has 1 aromatic carbocycles. The Kier molecular flexibility index (Phi) is 3.66. The van der Waals surface area contributed by atoms with E-state index >= 15 is 0 Å². The first-order valence-corrected chi connectivity index (χ1v) is 8.44. The average molecular weight is 300 g/mol. The lowest BCUT2D eigenvalue weighted by molar-refractivity contribution is 0.248. The van der Waals surface area contributed by atoms with Crippen molar-refractivity contribution in [1.29, 1.82) is 0 Å². The molecule has 3 aliphatic rings. The molecule has 0 unspecified atom stereocenters. The van der Waals surface area contributed by atoms with E-state index in [0.29, 0.717) is 6.04 Å². The van der Waals surface area contributed by atoms with Gasteiger partial charge in [-0.2, -0.15) is 0 Å². The topological polar surface area (TPSA) is 47.6 Å². The summed E-state index contributed by atoms with van der Waals surface area (Å²) < 4.78 is 0. The number of carbonyl (C=O) groups excluding carboxylic acids is 1. The van der Waals surface area contributed by atoms with E-state index in [0.717, 1.165) is 37.7 Å². The summed E-state index contributed by atoms with van der Waals surface area (Å²) in [6.07, 6.45) is 5.00. The van der Waals surface area contributed by atoms with Crippen LogP contribution in [0.25, 0.3) is 0 Å². The van der Waals surface area contributed by atoms with E-state index in [4.69, 9.17) is 0 Å². The van der Waals surface area contributed by atoms with Gasteiger partial charge in [0.2, 0.25) is 0 Å². The van der Waals surface area contributed by atoms with Crippen LogP contribution in [0.3, 0.4) is 0 Å². The number of benzene rings is 1. The van der Waals surface area contributed by atoms with Crippen LogP contribution in [0.4, 0.5) is 16.2 Å². The van der Waals surface area contributed by atoms with Gasteiger partial charge in [0, 0.05) is 49.6 Å². The van der Waals surface area contributed by atoms with Gasteiger partial charge in [-0.3, -0.25) is 4.90 Å². The van der Waals surface area contributed by atoms with Crippen LogP contribution >= 0.6 is 0 Å². The normalized spacial score (nSPS) is 22.5. The van der Waals surface area contributed by atoms with E-state index in [9.17, 15) is 4.79 Å². The summed E-state index contributed by atoms with van der Waals surface area (Å²) in [5, 5.41) is 5.83. The highest BCUT2D eigenvalue weighted by Gasteiger charge is 2.31. The van der Waals surface area contributed by atoms with Crippen molar-refractivity contribution < 1.29 is 4.79 Å². The minimum absolute atomic E-state index is 0.0895. The largest absolute Gasteiger partial charge is 0.369 e. The minimum atomic E-state index is -0.0895. The average Bonchev–Trinajstić information content (AvgIpc) is 3.42. The fraction of sp³-hybridized carbons (Fsp3) is 0.588. The quantitative estimate of drug-likeness (QED) is 0.896. The van der Waals surface area contributed by atoms with Crippen molar-refractivity contribution in [2.75, 3.05) is 36.4 Å². The number of piperazine rings is 1. The summed E-state index contributed by atoms with van der Waals surface area (Å²) in [5.74, 6) is 0. The fourth-order valence-electron chi connectivity index (χ4n) is 3.12. The summed E-state index contributed by atoms with van der Waals surface area (Å²) in [6.45, 7) is 4.56. The molecule has 2 N–H and O–H groups in total. The van der Waals surface area contributed by atoms with Gasteiger partial charge in [0.15, 0.2) is 0 Å². The maximum atomic E-state index is 11.7. The second-order valence-corrected chi connectivity index (χ2v) is 6.67. The molecule has 1 heterocycles. The minimum Gasteiger partial charge on any atom is -0.369 e. The molecule has 1 aromatic rings. The molecule has 0 spiro atoms. The standard InChI is InChI=1S/C17H24N4O/c22-17(18-13-1-2-13)19-14-3-5-15(6-4-14)20-9-11-21(12-10-20)16-7-8-16/h3-6,13,16H,1-2,7-12H2,(H2,18,19,22). The van der Waals surface area contributed by atoms with Gasteiger partial charge >= 0.3 is 6.03 Å². The molecule has 2 aliphatic carbocycles. The SMILES string of the molecule is O=C(Nc1ccc(N2CCN(C3CC3)CC2)cc1)NC1CC1. The molecular weight excluding hydrogens is 276 g/mol. The Morgan fingerprint density at radius 2 is 1.64 bits per heavy atom. The van der Waals surface area contributed by atoms with Crippen LogP contribution in [0, 0.1) is 0 Å². The molecule has 4 rings (SSSR count). The van der Waals surface area contributed by atoms with Gasteiger partial charge in [0.05, 0.1) is 0 Å². The zero-order valence-corrected chi connectivity index (χ0v) is 12.9. The van der Waals surface area contributed by atoms with Crippen molar-refractivity contribution in [3.63, 3.8) is 0 Å². The number of nitrogens with zero attached hydrogens (tertiary/aromatic N) is 2. The summed E-state index contributed by atoms with van der Waals surface area (Å²) in [4.78, 5) is 16.8. The first-order valence-electron chi connectivity index (χ1n) is 8.44. The van der Waals surface area contributed by atoms with E-state index < -0.39 is 0 Å². The fourth-order valence-corrected chi connectivity index (χ4v) is 3.12. The van der Waals surface area contributed by atoms with Gasteiger partial charge in [-0.05, 0) is 49.9 Å². The molecule has 2 saturated carbocycles. The Balaban J connectivity index is 1.30. The smallest absolute Gasteiger partial charge is 0.319 e. The van der Waals surface area contributed by atoms with Crippen LogP contribution in [-0.2, 0) is 0 Å². The van der Waals surface area contributed by atoms with Crippen LogP contribution in [-0.4, -0.2) is 49.2 Å². The van der Waals surface area contributed by atoms with Crippen molar-refractivity contribution in [3.8, 4) is 0 Å². The van der Waals surface area contributed by atoms with Crippen LogP contribution < -0.4 is 15.5 Å². The molecule has 5 heteroatoms. The van der Waals surface area contributed by atoms with E-state index in [1.54, 1.807) is 0 Å². The predicted octanol–water partition coefficient (Wildman–Crippen LogP) is 2.25. The Morgan fingerprint density at radius 1 is 0.955 bits per heavy atom. The number of amides is 2.